The van der Waals surface area contributed by atoms with Gasteiger partial charge in [0, 0.05) is 17.8 Å². The van der Waals surface area contributed by atoms with Crippen molar-refractivity contribution in [2.75, 3.05) is 19.3 Å². The molecule has 0 aromatic carbocycles. The summed E-state index contributed by atoms with van der Waals surface area (Å²) in [5, 5.41) is 6.83. The zero-order chi connectivity index (χ0) is 10.4. The number of amides is 1. The highest BCUT2D eigenvalue weighted by molar-refractivity contribution is 7.99. The lowest BCUT2D eigenvalue weighted by Crippen LogP contribution is -2.41. The third-order valence-electron chi connectivity index (χ3n) is 2.65. The first kappa shape index (κ1) is 11.9. The van der Waals surface area contributed by atoms with Gasteiger partial charge in [-0.15, -0.1) is 0 Å². The first-order valence-electron chi connectivity index (χ1n) is 5.30. The third-order valence-corrected chi connectivity index (χ3v) is 3.82. The Hall–Kier alpha value is -0.220. The smallest absolute Gasteiger partial charge is 0.233 e. The lowest BCUT2D eigenvalue weighted by Gasteiger charge is -2.18. The second kappa shape index (κ2) is 6.30. The molecule has 4 heteroatoms. The summed E-state index contributed by atoms with van der Waals surface area (Å²) in [6.07, 6.45) is 5.94. The summed E-state index contributed by atoms with van der Waals surface area (Å²) in [5.41, 5.74) is 0. The van der Waals surface area contributed by atoms with Gasteiger partial charge in [0.25, 0.3) is 0 Å². The minimum atomic E-state index is 0.110. The van der Waals surface area contributed by atoms with E-state index in [4.69, 9.17) is 0 Å². The highest BCUT2D eigenvalue weighted by Crippen LogP contribution is 2.27. The van der Waals surface area contributed by atoms with Crippen molar-refractivity contribution in [2.45, 2.75) is 37.5 Å². The predicted molar refractivity (Wildman–Crippen MR) is 61.6 cm³/mol. The zero-order valence-electron chi connectivity index (χ0n) is 9.01. The summed E-state index contributed by atoms with van der Waals surface area (Å²) in [5.74, 6) is 0.110. The fraction of sp³-hybridized carbons (Fsp3) is 0.900. The molecule has 0 aliphatic heterocycles. The van der Waals surface area contributed by atoms with Crippen LogP contribution in [0.4, 0.5) is 0 Å². The van der Waals surface area contributed by atoms with Gasteiger partial charge in [0.2, 0.25) is 5.91 Å². The first-order chi connectivity index (χ1) is 6.77. The number of likely N-dealkylation sites (N-methyl/N-ethyl adjacent to an activating group) is 1. The highest BCUT2D eigenvalue weighted by atomic mass is 32.2. The predicted octanol–water partition coefficient (Wildman–Crippen LogP) is 0.996. The van der Waals surface area contributed by atoms with Gasteiger partial charge in [0.05, 0.1) is 6.54 Å². The molecule has 1 aliphatic rings. The molecule has 1 saturated carbocycles. The Morgan fingerprint density at radius 1 is 1.50 bits per heavy atom. The molecular weight excluding hydrogens is 196 g/mol. The summed E-state index contributed by atoms with van der Waals surface area (Å²) in [7, 11) is 0. The fourth-order valence-corrected chi connectivity index (χ4v) is 2.89. The molecule has 2 atom stereocenters. The number of carbonyl (C=O) groups is 1. The highest BCUT2D eigenvalue weighted by Gasteiger charge is 2.26. The summed E-state index contributed by atoms with van der Waals surface area (Å²) in [6, 6.07) is 0.535. The fourth-order valence-electron chi connectivity index (χ4n) is 1.93. The van der Waals surface area contributed by atoms with Crippen LogP contribution in [0.3, 0.4) is 0 Å². The van der Waals surface area contributed by atoms with Gasteiger partial charge in [0.1, 0.15) is 0 Å². The maximum Gasteiger partial charge on any atom is 0.233 e. The van der Waals surface area contributed by atoms with Crippen molar-refractivity contribution in [3.8, 4) is 0 Å². The van der Waals surface area contributed by atoms with Crippen LogP contribution in [0.1, 0.15) is 26.2 Å². The monoisotopic (exact) mass is 216 g/mol. The van der Waals surface area contributed by atoms with E-state index >= 15 is 0 Å². The molecule has 1 fully saturated rings. The number of rotatable bonds is 5. The number of hydrogen-bond donors (Lipinski definition) is 2. The molecule has 2 N–H and O–H groups in total. The van der Waals surface area contributed by atoms with E-state index in [9.17, 15) is 4.79 Å². The molecule has 0 bridgehead atoms. The van der Waals surface area contributed by atoms with Gasteiger partial charge < -0.3 is 10.6 Å². The van der Waals surface area contributed by atoms with Crippen molar-refractivity contribution in [3.63, 3.8) is 0 Å². The summed E-state index contributed by atoms with van der Waals surface area (Å²) in [6.45, 7) is 3.13. The van der Waals surface area contributed by atoms with E-state index in [1.54, 1.807) is 0 Å². The van der Waals surface area contributed by atoms with Crippen LogP contribution in [0.2, 0.25) is 0 Å². The van der Waals surface area contributed by atoms with Crippen LogP contribution in [-0.2, 0) is 4.79 Å². The Morgan fingerprint density at radius 3 is 2.93 bits per heavy atom. The molecule has 0 aromatic heterocycles. The lowest BCUT2D eigenvalue weighted by molar-refractivity contribution is -0.120. The van der Waals surface area contributed by atoms with Crippen LogP contribution in [0.25, 0.3) is 0 Å². The molecule has 0 aromatic rings. The Morgan fingerprint density at radius 2 is 2.29 bits per heavy atom. The van der Waals surface area contributed by atoms with E-state index in [2.05, 4.69) is 16.9 Å². The SMILES string of the molecule is CCNC(=O)CNC1CCCC1SC. The van der Waals surface area contributed by atoms with E-state index in [0.29, 0.717) is 17.8 Å². The molecule has 0 heterocycles. The standard InChI is InChI=1S/C10H20N2OS/c1-3-11-10(13)7-12-8-5-4-6-9(8)14-2/h8-9,12H,3-7H2,1-2H3,(H,11,13). The summed E-state index contributed by atoms with van der Waals surface area (Å²) < 4.78 is 0. The topological polar surface area (TPSA) is 41.1 Å². The zero-order valence-corrected chi connectivity index (χ0v) is 9.82. The van der Waals surface area contributed by atoms with Gasteiger partial charge in [-0.05, 0) is 26.0 Å². The van der Waals surface area contributed by atoms with Crippen molar-refractivity contribution in [3.05, 3.63) is 0 Å². The number of hydrogen-bond acceptors (Lipinski definition) is 3. The lowest BCUT2D eigenvalue weighted by atomic mass is 10.2. The van der Waals surface area contributed by atoms with E-state index in [1.165, 1.54) is 19.3 Å². The maximum atomic E-state index is 11.2. The molecular formula is C10H20N2OS. The van der Waals surface area contributed by atoms with Crippen molar-refractivity contribution in [2.24, 2.45) is 0 Å². The molecule has 0 radical (unpaired) electrons. The van der Waals surface area contributed by atoms with Crippen molar-refractivity contribution in [1.29, 1.82) is 0 Å². The number of thioether (sulfide) groups is 1. The van der Waals surface area contributed by atoms with E-state index in [1.807, 2.05) is 18.7 Å². The Bertz CT molecular complexity index is 187. The van der Waals surface area contributed by atoms with Gasteiger partial charge in [-0.2, -0.15) is 11.8 Å². The Kier molecular flexibility index (Phi) is 5.33. The van der Waals surface area contributed by atoms with Gasteiger partial charge >= 0.3 is 0 Å². The van der Waals surface area contributed by atoms with Crippen LogP contribution in [-0.4, -0.2) is 36.5 Å². The van der Waals surface area contributed by atoms with Crippen molar-refractivity contribution in [1.82, 2.24) is 10.6 Å². The largest absolute Gasteiger partial charge is 0.355 e. The minimum absolute atomic E-state index is 0.110. The Labute approximate surface area is 90.4 Å². The molecule has 1 aliphatic carbocycles. The van der Waals surface area contributed by atoms with Crippen LogP contribution in [0.15, 0.2) is 0 Å². The molecule has 82 valence electrons. The summed E-state index contributed by atoms with van der Waals surface area (Å²) in [4.78, 5) is 11.2. The van der Waals surface area contributed by atoms with Gasteiger partial charge in [0.15, 0.2) is 0 Å². The third kappa shape index (κ3) is 3.50. The minimum Gasteiger partial charge on any atom is -0.355 e. The van der Waals surface area contributed by atoms with Crippen molar-refractivity contribution >= 4 is 17.7 Å². The van der Waals surface area contributed by atoms with Crippen molar-refractivity contribution < 1.29 is 4.79 Å². The van der Waals surface area contributed by atoms with Gasteiger partial charge in [-0.3, -0.25) is 4.79 Å². The molecule has 3 nitrogen and oxygen atoms in total. The average Bonchev–Trinajstić information content (AvgIpc) is 2.62. The van der Waals surface area contributed by atoms with Crippen LogP contribution in [0.5, 0.6) is 0 Å². The van der Waals surface area contributed by atoms with Crippen LogP contribution >= 0.6 is 11.8 Å². The Balaban J connectivity index is 2.20. The molecule has 0 saturated heterocycles. The average molecular weight is 216 g/mol. The maximum absolute atomic E-state index is 11.2. The molecule has 1 amide bonds. The second-order valence-corrected chi connectivity index (χ2v) is 4.72. The number of nitrogens with one attached hydrogen (secondary N) is 2. The molecule has 1 rings (SSSR count). The van der Waals surface area contributed by atoms with Crippen LogP contribution in [0, 0.1) is 0 Å². The molecule has 2 unspecified atom stereocenters. The van der Waals surface area contributed by atoms with E-state index in [-0.39, 0.29) is 5.91 Å². The van der Waals surface area contributed by atoms with Crippen LogP contribution < -0.4 is 10.6 Å². The van der Waals surface area contributed by atoms with Gasteiger partial charge in [-0.25, -0.2) is 0 Å². The first-order valence-corrected chi connectivity index (χ1v) is 6.59. The quantitative estimate of drug-likeness (QED) is 0.720. The van der Waals surface area contributed by atoms with Gasteiger partial charge in [-0.1, -0.05) is 6.42 Å². The normalized spacial score (nSPS) is 26.4. The van der Waals surface area contributed by atoms with E-state index in [0.717, 1.165) is 6.54 Å². The second-order valence-electron chi connectivity index (χ2n) is 3.65. The summed E-state index contributed by atoms with van der Waals surface area (Å²) >= 11 is 1.91. The van der Waals surface area contributed by atoms with E-state index < -0.39 is 0 Å². The molecule has 14 heavy (non-hydrogen) atoms. The molecule has 0 spiro atoms. The number of carbonyl (C=O) groups excluding carboxylic acids is 1.